The maximum atomic E-state index is 4.23. The van der Waals surface area contributed by atoms with Gasteiger partial charge < -0.3 is 0 Å². The number of hydrogen-bond acceptors (Lipinski definition) is 1. The summed E-state index contributed by atoms with van der Waals surface area (Å²) in [7, 11) is 0. The van der Waals surface area contributed by atoms with E-state index in [1.807, 2.05) is 6.07 Å². The molecule has 1 aliphatic rings. The molecule has 0 atom stereocenters. The molecule has 0 saturated heterocycles. The third kappa shape index (κ3) is 1.94. The molecule has 2 heteroatoms. The Bertz CT molecular complexity index is 544. The van der Waals surface area contributed by atoms with Crippen LogP contribution in [-0.4, -0.2) is 12.3 Å². The van der Waals surface area contributed by atoms with Crippen molar-refractivity contribution in [3.8, 4) is 11.1 Å². The molecule has 0 amide bonds. The zero-order valence-corrected chi connectivity index (χ0v) is 9.50. The van der Waals surface area contributed by atoms with E-state index in [9.17, 15) is 0 Å². The highest BCUT2D eigenvalue weighted by atomic mass is 15.3. The first kappa shape index (κ1) is 10.1. The highest BCUT2D eigenvalue weighted by Gasteiger charge is 2.14. The van der Waals surface area contributed by atoms with Crippen LogP contribution in [0.25, 0.3) is 11.1 Å². The van der Waals surface area contributed by atoms with E-state index in [-0.39, 0.29) is 0 Å². The van der Waals surface area contributed by atoms with Gasteiger partial charge in [0.2, 0.25) is 0 Å². The molecule has 0 aromatic heterocycles. The second-order valence-electron chi connectivity index (χ2n) is 4.07. The normalized spacial score (nSPS) is 14.2. The number of rotatable bonds is 2. The molecule has 3 rings (SSSR count). The first-order valence-corrected chi connectivity index (χ1v) is 5.83. The third-order valence-corrected chi connectivity index (χ3v) is 2.96. The van der Waals surface area contributed by atoms with Gasteiger partial charge in [-0.05, 0) is 11.1 Å². The summed E-state index contributed by atoms with van der Waals surface area (Å²) < 4.78 is 0. The molecule has 0 N–H and O–H groups in total. The Balaban J connectivity index is 2.11. The summed E-state index contributed by atoms with van der Waals surface area (Å²) in [4.78, 5) is 0. The first-order valence-electron chi connectivity index (χ1n) is 5.83. The van der Waals surface area contributed by atoms with Crippen molar-refractivity contribution in [3.63, 3.8) is 0 Å². The molecule has 0 unspecified atom stereocenters. The Morgan fingerprint density at radius 3 is 2.18 bits per heavy atom. The SMILES string of the molecule is c1ccc(-c2ccccc2C2=N[N]CC2)cc1. The van der Waals surface area contributed by atoms with Crippen LogP contribution in [0.3, 0.4) is 0 Å². The van der Waals surface area contributed by atoms with Crippen LogP contribution < -0.4 is 5.43 Å². The van der Waals surface area contributed by atoms with Gasteiger partial charge in [-0.3, -0.25) is 0 Å². The van der Waals surface area contributed by atoms with E-state index >= 15 is 0 Å². The quantitative estimate of drug-likeness (QED) is 0.745. The van der Waals surface area contributed by atoms with Crippen molar-refractivity contribution in [1.29, 1.82) is 0 Å². The largest absolute Gasteiger partial charge is 0.189 e. The molecule has 2 aromatic carbocycles. The maximum Gasteiger partial charge on any atom is 0.0723 e. The monoisotopic (exact) mass is 221 g/mol. The maximum absolute atomic E-state index is 4.23. The molecule has 17 heavy (non-hydrogen) atoms. The molecule has 0 spiro atoms. The van der Waals surface area contributed by atoms with Gasteiger partial charge in [0, 0.05) is 12.0 Å². The highest BCUT2D eigenvalue weighted by Crippen LogP contribution is 2.25. The van der Waals surface area contributed by atoms with Crippen molar-refractivity contribution in [3.05, 3.63) is 60.2 Å². The van der Waals surface area contributed by atoms with E-state index in [1.165, 1.54) is 16.7 Å². The smallest absolute Gasteiger partial charge is 0.0723 e. The van der Waals surface area contributed by atoms with E-state index in [4.69, 9.17) is 0 Å². The van der Waals surface area contributed by atoms with Crippen molar-refractivity contribution in [2.24, 2.45) is 5.10 Å². The molecule has 1 radical (unpaired) electrons. The van der Waals surface area contributed by atoms with E-state index in [1.54, 1.807) is 0 Å². The lowest BCUT2D eigenvalue weighted by Crippen LogP contribution is -1.99. The predicted octanol–water partition coefficient (Wildman–Crippen LogP) is 3.07. The van der Waals surface area contributed by atoms with Crippen LogP contribution in [0.15, 0.2) is 59.7 Å². The van der Waals surface area contributed by atoms with Crippen molar-refractivity contribution in [2.45, 2.75) is 6.42 Å². The summed E-state index contributed by atoms with van der Waals surface area (Å²) in [5.41, 5.74) is 8.85. The summed E-state index contributed by atoms with van der Waals surface area (Å²) >= 11 is 0. The highest BCUT2D eigenvalue weighted by molar-refractivity contribution is 6.06. The fraction of sp³-hybridized carbons (Fsp3) is 0.133. The van der Waals surface area contributed by atoms with Crippen LogP contribution in [0.4, 0.5) is 0 Å². The van der Waals surface area contributed by atoms with Crippen LogP contribution in [-0.2, 0) is 0 Å². The van der Waals surface area contributed by atoms with E-state index < -0.39 is 0 Å². The number of nitrogens with zero attached hydrogens (tertiary/aromatic N) is 2. The zero-order valence-electron chi connectivity index (χ0n) is 9.50. The van der Waals surface area contributed by atoms with Gasteiger partial charge in [-0.2, -0.15) is 10.5 Å². The second kappa shape index (κ2) is 4.42. The molecule has 0 saturated carbocycles. The van der Waals surface area contributed by atoms with Gasteiger partial charge in [0.1, 0.15) is 0 Å². The zero-order chi connectivity index (χ0) is 11.5. The van der Waals surface area contributed by atoms with Gasteiger partial charge in [0.15, 0.2) is 0 Å². The topological polar surface area (TPSA) is 26.5 Å². The minimum atomic E-state index is 0.818. The minimum Gasteiger partial charge on any atom is -0.189 e. The molecule has 83 valence electrons. The lowest BCUT2D eigenvalue weighted by atomic mass is 9.96. The van der Waals surface area contributed by atoms with Crippen LogP contribution in [0, 0.1) is 0 Å². The predicted molar refractivity (Wildman–Crippen MR) is 70.0 cm³/mol. The van der Waals surface area contributed by atoms with Crippen LogP contribution in [0.2, 0.25) is 0 Å². The number of hydrogen-bond donors (Lipinski definition) is 0. The second-order valence-corrected chi connectivity index (χ2v) is 4.07. The molecular weight excluding hydrogens is 208 g/mol. The van der Waals surface area contributed by atoms with Crippen LogP contribution >= 0.6 is 0 Å². The van der Waals surface area contributed by atoms with Crippen molar-refractivity contribution >= 4 is 5.71 Å². The average Bonchev–Trinajstić information content (AvgIpc) is 2.94. The fourth-order valence-electron chi connectivity index (χ4n) is 2.13. The standard InChI is InChI=1S/C15H13N2/c1-2-6-12(7-3-1)13-8-4-5-9-14(13)15-10-11-16-17-15/h1-9H,10-11H2. The summed E-state index contributed by atoms with van der Waals surface area (Å²) in [6.45, 7) is 0.818. The molecule has 1 heterocycles. The molecular formula is C15H13N2. The van der Waals surface area contributed by atoms with Crippen LogP contribution in [0.5, 0.6) is 0 Å². The first-order chi connectivity index (χ1) is 8.45. The average molecular weight is 221 g/mol. The molecule has 2 nitrogen and oxygen atoms in total. The van der Waals surface area contributed by atoms with Crippen LogP contribution in [0.1, 0.15) is 12.0 Å². The Kier molecular flexibility index (Phi) is 2.62. The van der Waals surface area contributed by atoms with Gasteiger partial charge in [-0.15, -0.1) is 0 Å². The Morgan fingerprint density at radius 1 is 0.765 bits per heavy atom. The van der Waals surface area contributed by atoms with E-state index in [0.717, 1.165) is 18.7 Å². The summed E-state index contributed by atoms with van der Waals surface area (Å²) in [6, 6.07) is 18.8. The van der Waals surface area contributed by atoms with Gasteiger partial charge in [-0.25, -0.2) is 0 Å². The Morgan fingerprint density at radius 2 is 1.47 bits per heavy atom. The van der Waals surface area contributed by atoms with E-state index in [2.05, 4.69) is 59.1 Å². The minimum absolute atomic E-state index is 0.818. The van der Waals surface area contributed by atoms with Gasteiger partial charge in [0.05, 0.1) is 12.3 Å². The molecule has 0 fully saturated rings. The fourth-order valence-corrected chi connectivity index (χ4v) is 2.13. The summed E-state index contributed by atoms with van der Waals surface area (Å²) in [5.74, 6) is 0. The molecule has 0 bridgehead atoms. The molecule has 1 aliphatic heterocycles. The van der Waals surface area contributed by atoms with Gasteiger partial charge >= 0.3 is 0 Å². The number of benzene rings is 2. The summed E-state index contributed by atoms with van der Waals surface area (Å²) in [6.07, 6.45) is 0.948. The molecule has 2 aromatic rings. The summed E-state index contributed by atoms with van der Waals surface area (Å²) in [5, 5.41) is 4.23. The van der Waals surface area contributed by atoms with Crippen molar-refractivity contribution in [1.82, 2.24) is 5.43 Å². The van der Waals surface area contributed by atoms with Crippen molar-refractivity contribution < 1.29 is 0 Å². The van der Waals surface area contributed by atoms with Crippen molar-refractivity contribution in [2.75, 3.05) is 6.54 Å². The lowest BCUT2D eigenvalue weighted by Gasteiger charge is -2.08. The Labute approximate surface area is 101 Å². The van der Waals surface area contributed by atoms with Gasteiger partial charge in [0.25, 0.3) is 0 Å². The lowest BCUT2D eigenvalue weighted by molar-refractivity contribution is 0.795. The Hall–Kier alpha value is -2.09. The third-order valence-electron chi connectivity index (χ3n) is 2.96. The van der Waals surface area contributed by atoms with E-state index in [0.29, 0.717) is 0 Å². The molecule has 0 aliphatic carbocycles. The van der Waals surface area contributed by atoms with Gasteiger partial charge in [-0.1, -0.05) is 54.6 Å².